The number of rotatable bonds is 8. The standard InChI is InChI=1S/C15H25BrFN3/c1-4-7-20(9-8-19(2)3)15(11-18)13-6-5-12(17)10-14(13)16/h5-6,10,15H,4,7-9,11,18H2,1-3H3. The highest BCUT2D eigenvalue weighted by Crippen LogP contribution is 2.28. The predicted molar refractivity (Wildman–Crippen MR) is 86.3 cm³/mol. The van der Waals surface area contributed by atoms with Crippen molar-refractivity contribution >= 4 is 15.9 Å². The van der Waals surface area contributed by atoms with Gasteiger partial charge in [-0.1, -0.05) is 28.9 Å². The summed E-state index contributed by atoms with van der Waals surface area (Å²) in [7, 11) is 4.13. The maximum absolute atomic E-state index is 13.2. The molecule has 1 aromatic rings. The molecule has 0 saturated carbocycles. The number of nitrogens with zero attached hydrogens (tertiary/aromatic N) is 2. The minimum Gasteiger partial charge on any atom is -0.329 e. The largest absolute Gasteiger partial charge is 0.329 e. The molecule has 5 heteroatoms. The van der Waals surface area contributed by atoms with E-state index in [0.717, 1.165) is 36.1 Å². The summed E-state index contributed by atoms with van der Waals surface area (Å²) in [5.74, 6) is -0.230. The molecule has 2 N–H and O–H groups in total. The number of benzene rings is 1. The Hall–Kier alpha value is -0.490. The number of likely N-dealkylation sites (N-methyl/N-ethyl adjacent to an activating group) is 1. The molecule has 1 aromatic carbocycles. The van der Waals surface area contributed by atoms with Gasteiger partial charge in [0.25, 0.3) is 0 Å². The zero-order valence-corrected chi connectivity index (χ0v) is 14.2. The predicted octanol–water partition coefficient (Wildman–Crippen LogP) is 2.86. The SMILES string of the molecule is CCCN(CCN(C)C)C(CN)c1ccc(F)cc1Br. The van der Waals surface area contributed by atoms with E-state index in [1.165, 1.54) is 12.1 Å². The molecule has 3 nitrogen and oxygen atoms in total. The first-order chi connectivity index (χ1) is 9.49. The Bertz CT molecular complexity index is 412. The molecule has 0 aliphatic rings. The van der Waals surface area contributed by atoms with E-state index in [1.54, 1.807) is 0 Å². The lowest BCUT2D eigenvalue weighted by atomic mass is 10.0. The Balaban J connectivity index is 2.93. The molecule has 0 fully saturated rings. The van der Waals surface area contributed by atoms with Gasteiger partial charge in [-0.2, -0.15) is 0 Å². The van der Waals surface area contributed by atoms with E-state index in [4.69, 9.17) is 5.73 Å². The van der Waals surface area contributed by atoms with Crippen molar-refractivity contribution in [3.05, 3.63) is 34.1 Å². The summed E-state index contributed by atoms with van der Waals surface area (Å²) in [6.07, 6.45) is 1.07. The summed E-state index contributed by atoms with van der Waals surface area (Å²) >= 11 is 3.46. The van der Waals surface area contributed by atoms with Crippen LogP contribution in [0.1, 0.15) is 24.9 Å². The second-order valence-electron chi connectivity index (χ2n) is 5.26. The van der Waals surface area contributed by atoms with Gasteiger partial charge in [-0.05, 0) is 44.8 Å². The van der Waals surface area contributed by atoms with Crippen LogP contribution in [-0.2, 0) is 0 Å². The summed E-state index contributed by atoms with van der Waals surface area (Å²) < 4.78 is 14.0. The van der Waals surface area contributed by atoms with E-state index < -0.39 is 0 Å². The average molecular weight is 346 g/mol. The Labute approximate surface area is 130 Å². The second kappa shape index (κ2) is 8.72. The minimum atomic E-state index is -0.230. The van der Waals surface area contributed by atoms with Gasteiger partial charge in [0.2, 0.25) is 0 Å². The molecule has 0 aliphatic heterocycles. The minimum absolute atomic E-state index is 0.116. The molecule has 1 atom stereocenters. The lowest BCUT2D eigenvalue weighted by Gasteiger charge is -2.32. The third-order valence-electron chi connectivity index (χ3n) is 3.33. The quantitative estimate of drug-likeness (QED) is 0.786. The Morgan fingerprint density at radius 3 is 2.45 bits per heavy atom. The van der Waals surface area contributed by atoms with Gasteiger partial charge in [-0.3, -0.25) is 4.90 Å². The van der Waals surface area contributed by atoms with Crippen molar-refractivity contribution in [3.8, 4) is 0 Å². The molecule has 1 unspecified atom stereocenters. The van der Waals surface area contributed by atoms with Crippen LogP contribution in [-0.4, -0.2) is 50.1 Å². The smallest absolute Gasteiger partial charge is 0.124 e. The zero-order chi connectivity index (χ0) is 15.1. The molecule has 20 heavy (non-hydrogen) atoms. The topological polar surface area (TPSA) is 32.5 Å². The zero-order valence-electron chi connectivity index (χ0n) is 12.6. The monoisotopic (exact) mass is 345 g/mol. The van der Waals surface area contributed by atoms with Crippen LogP contribution in [0.25, 0.3) is 0 Å². The Kier molecular flexibility index (Phi) is 7.66. The molecule has 0 aliphatic carbocycles. The molecule has 1 rings (SSSR count). The van der Waals surface area contributed by atoms with Gasteiger partial charge in [0.05, 0.1) is 0 Å². The van der Waals surface area contributed by atoms with Crippen LogP contribution in [0.3, 0.4) is 0 Å². The van der Waals surface area contributed by atoms with E-state index in [2.05, 4.69) is 46.7 Å². The fourth-order valence-corrected chi connectivity index (χ4v) is 2.90. The highest BCUT2D eigenvalue weighted by molar-refractivity contribution is 9.10. The summed E-state index contributed by atoms with van der Waals surface area (Å²) in [4.78, 5) is 4.54. The van der Waals surface area contributed by atoms with Crippen LogP contribution in [0.2, 0.25) is 0 Å². The molecule has 0 amide bonds. The van der Waals surface area contributed by atoms with Crippen molar-refractivity contribution in [2.45, 2.75) is 19.4 Å². The van der Waals surface area contributed by atoms with Crippen molar-refractivity contribution in [1.82, 2.24) is 9.80 Å². The van der Waals surface area contributed by atoms with Gasteiger partial charge in [0.15, 0.2) is 0 Å². The molecule has 0 radical (unpaired) electrons. The fraction of sp³-hybridized carbons (Fsp3) is 0.600. The average Bonchev–Trinajstić information content (AvgIpc) is 2.38. The second-order valence-corrected chi connectivity index (χ2v) is 6.11. The molecule has 0 spiro atoms. The molecule has 0 heterocycles. The van der Waals surface area contributed by atoms with Crippen molar-refractivity contribution < 1.29 is 4.39 Å². The number of hydrogen-bond donors (Lipinski definition) is 1. The molecule has 0 aromatic heterocycles. The highest BCUT2D eigenvalue weighted by Gasteiger charge is 2.20. The maximum Gasteiger partial charge on any atom is 0.124 e. The van der Waals surface area contributed by atoms with Crippen LogP contribution < -0.4 is 5.73 Å². The van der Waals surface area contributed by atoms with E-state index >= 15 is 0 Å². The van der Waals surface area contributed by atoms with Gasteiger partial charge in [-0.15, -0.1) is 0 Å². The lowest BCUT2D eigenvalue weighted by molar-refractivity contribution is 0.182. The summed E-state index contributed by atoms with van der Waals surface area (Å²) in [6, 6.07) is 4.95. The van der Waals surface area contributed by atoms with Crippen LogP contribution in [0, 0.1) is 5.82 Å². The number of halogens is 2. The molecule has 0 bridgehead atoms. The number of hydrogen-bond acceptors (Lipinski definition) is 3. The van der Waals surface area contributed by atoms with Crippen molar-refractivity contribution in [3.63, 3.8) is 0 Å². The van der Waals surface area contributed by atoms with Crippen LogP contribution in [0.5, 0.6) is 0 Å². The summed E-state index contributed by atoms with van der Waals surface area (Å²) in [5, 5.41) is 0. The molecular weight excluding hydrogens is 321 g/mol. The van der Waals surface area contributed by atoms with Gasteiger partial charge < -0.3 is 10.6 Å². The van der Waals surface area contributed by atoms with Crippen molar-refractivity contribution in [1.29, 1.82) is 0 Å². The van der Waals surface area contributed by atoms with Gasteiger partial charge in [0, 0.05) is 30.1 Å². The molecule has 114 valence electrons. The van der Waals surface area contributed by atoms with E-state index in [1.807, 2.05) is 6.07 Å². The van der Waals surface area contributed by atoms with E-state index in [9.17, 15) is 4.39 Å². The highest BCUT2D eigenvalue weighted by atomic mass is 79.9. The molecular formula is C15H25BrFN3. The van der Waals surface area contributed by atoms with Crippen molar-refractivity contribution in [2.75, 3.05) is 40.3 Å². The summed E-state index contributed by atoms with van der Waals surface area (Å²) in [5.41, 5.74) is 7.04. The molecule has 0 saturated heterocycles. The maximum atomic E-state index is 13.2. The van der Waals surface area contributed by atoms with Gasteiger partial charge >= 0.3 is 0 Å². The van der Waals surface area contributed by atoms with E-state index in [-0.39, 0.29) is 11.9 Å². The fourth-order valence-electron chi connectivity index (χ4n) is 2.28. The number of nitrogens with two attached hydrogens (primary N) is 1. The van der Waals surface area contributed by atoms with Gasteiger partial charge in [0.1, 0.15) is 5.82 Å². The lowest BCUT2D eigenvalue weighted by Crippen LogP contribution is -2.38. The van der Waals surface area contributed by atoms with Crippen molar-refractivity contribution in [2.24, 2.45) is 5.73 Å². The van der Waals surface area contributed by atoms with Crippen LogP contribution in [0.15, 0.2) is 22.7 Å². The Morgan fingerprint density at radius 2 is 1.95 bits per heavy atom. The van der Waals surface area contributed by atoms with E-state index in [0.29, 0.717) is 6.54 Å². The third-order valence-corrected chi connectivity index (χ3v) is 4.02. The Morgan fingerprint density at radius 1 is 1.25 bits per heavy atom. The van der Waals surface area contributed by atoms with Crippen LogP contribution in [0.4, 0.5) is 4.39 Å². The first kappa shape index (κ1) is 17.6. The summed E-state index contributed by atoms with van der Waals surface area (Å²) in [6.45, 7) is 5.61. The third kappa shape index (κ3) is 5.13. The first-order valence-electron chi connectivity index (χ1n) is 7.03. The normalized spacial score (nSPS) is 13.2. The first-order valence-corrected chi connectivity index (χ1v) is 7.82. The van der Waals surface area contributed by atoms with Crippen LogP contribution >= 0.6 is 15.9 Å². The van der Waals surface area contributed by atoms with Gasteiger partial charge in [-0.25, -0.2) is 4.39 Å².